The molecule has 1 aromatic carbocycles. The van der Waals surface area contributed by atoms with Crippen molar-refractivity contribution in [1.82, 2.24) is 4.72 Å². The van der Waals surface area contributed by atoms with Crippen molar-refractivity contribution in [2.75, 3.05) is 6.67 Å². The molecule has 1 N–H and O–H groups in total. The molecule has 0 radical (unpaired) electrons. The zero-order valence-electron chi connectivity index (χ0n) is 10.2. The summed E-state index contributed by atoms with van der Waals surface area (Å²) in [6.45, 7) is 4.98. The molecular weight excluding hydrogens is 305 g/mol. The Kier molecular flexibility index (Phi) is 5.44. The lowest BCUT2D eigenvalue weighted by Gasteiger charge is -2.27. The Morgan fingerprint density at radius 2 is 1.88 bits per heavy atom. The molecule has 0 unspecified atom stereocenters. The van der Waals surface area contributed by atoms with Crippen LogP contribution in [-0.2, 0) is 11.4 Å². The van der Waals surface area contributed by atoms with Crippen molar-refractivity contribution in [3.63, 3.8) is 0 Å². The van der Waals surface area contributed by atoms with E-state index in [9.17, 15) is 8.94 Å². The van der Waals surface area contributed by atoms with Crippen molar-refractivity contribution >= 4 is 27.3 Å². The summed E-state index contributed by atoms with van der Waals surface area (Å²) in [6.07, 6.45) is 0. The summed E-state index contributed by atoms with van der Waals surface area (Å²) >= 11 is 2.05. The molecule has 0 amide bonds. The number of alkyl halides is 1. The maximum Gasteiger partial charge on any atom is 0.136 e. The lowest BCUT2D eigenvalue weighted by Crippen LogP contribution is -2.41. The van der Waals surface area contributed by atoms with Gasteiger partial charge < -0.3 is 4.55 Å². The molecule has 0 bridgehead atoms. The van der Waals surface area contributed by atoms with Crippen LogP contribution in [0.5, 0.6) is 0 Å². The summed E-state index contributed by atoms with van der Waals surface area (Å²) in [4.78, 5) is 0. The highest BCUT2D eigenvalue weighted by Crippen LogP contribution is 2.21. The standard InChI is InChI=1S/C12H17BrFNOS/c1-12(2,3)17(16)15-11(8-14)9-4-6-10(13)7-5-9/h4-7,11,15H,8H2,1-3H3/t11-,17-/m0/s1. The third-order valence-electron chi connectivity index (χ3n) is 2.23. The predicted octanol–water partition coefficient (Wildman–Crippen LogP) is 3.51. The van der Waals surface area contributed by atoms with Crippen LogP contribution in [0.4, 0.5) is 4.39 Å². The van der Waals surface area contributed by atoms with Crippen molar-refractivity contribution in [2.24, 2.45) is 0 Å². The minimum atomic E-state index is -1.27. The third kappa shape index (κ3) is 4.58. The summed E-state index contributed by atoms with van der Waals surface area (Å²) in [7, 11) is 0. The fraction of sp³-hybridized carbons (Fsp3) is 0.500. The second kappa shape index (κ2) is 6.18. The predicted molar refractivity (Wildman–Crippen MR) is 73.9 cm³/mol. The van der Waals surface area contributed by atoms with Gasteiger partial charge >= 0.3 is 0 Å². The molecule has 0 aromatic heterocycles. The van der Waals surface area contributed by atoms with Crippen LogP contribution < -0.4 is 4.72 Å². The fourth-order valence-electron chi connectivity index (χ4n) is 1.19. The largest absolute Gasteiger partial charge is 0.598 e. The van der Waals surface area contributed by atoms with Gasteiger partial charge in [0.05, 0.1) is 0 Å². The summed E-state index contributed by atoms with van der Waals surface area (Å²) in [5.41, 5.74) is 0.799. The molecule has 0 saturated carbocycles. The van der Waals surface area contributed by atoms with Gasteiger partial charge in [0.15, 0.2) is 0 Å². The molecule has 1 rings (SSSR count). The van der Waals surface area contributed by atoms with Crippen LogP contribution in [0.1, 0.15) is 32.4 Å². The van der Waals surface area contributed by atoms with E-state index in [0.29, 0.717) is 0 Å². The Balaban J connectivity index is 2.75. The lowest BCUT2D eigenvalue weighted by atomic mass is 10.1. The second-order valence-electron chi connectivity index (χ2n) is 4.76. The van der Waals surface area contributed by atoms with Crippen molar-refractivity contribution in [3.8, 4) is 0 Å². The molecule has 0 spiro atoms. The number of hydrogen-bond donors (Lipinski definition) is 1. The summed E-state index contributed by atoms with van der Waals surface area (Å²) in [5.74, 6) is 0. The quantitative estimate of drug-likeness (QED) is 0.861. The van der Waals surface area contributed by atoms with Crippen LogP contribution in [0.3, 0.4) is 0 Å². The number of halogens is 2. The average molecular weight is 322 g/mol. The summed E-state index contributed by atoms with van der Waals surface area (Å²) in [5, 5.41) is 0. The van der Waals surface area contributed by atoms with E-state index >= 15 is 0 Å². The highest BCUT2D eigenvalue weighted by Gasteiger charge is 2.29. The first-order chi connectivity index (χ1) is 7.84. The first-order valence-electron chi connectivity index (χ1n) is 5.34. The molecule has 96 valence electrons. The lowest BCUT2D eigenvalue weighted by molar-refractivity contribution is 0.410. The van der Waals surface area contributed by atoms with Gasteiger partial charge in [0, 0.05) is 15.8 Å². The van der Waals surface area contributed by atoms with Gasteiger partial charge in [-0.05, 0) is 38.5 Å². The van der Waals surface area contributed by atoms with Crippen molar-refractivity contribution in [1.29, 1.82) is 0 Å². The number of benzene rings is 1. The molecule has 2 atom stereocenters. The Bertz CT molecular complexity index is 353. The van der Waals surface area contributed by atoms with E-state index in [1.165, 1.54) is 0 Å². The fourth-order valence-corrected chi connectivity index (χ4v) is 2.27. The SMILES string of the molecule is CC(C)(C)[S@+]([O-])N[C@@H](CF)c1ccc(Br)cc1. The van der Waals surface area contributed by atoms with E-state index in [1.54, 1.807) is 0 Å². The molecular formula is C12H17BrFNOS. The monoisotopic (exact) mass is 321 g/mol. The van der Waals surface area contributed by atoms with E-state index in [4.69, 9.17) is 0 Å². The molecule has 0 aliphatic rings. The molecule has 1 aromatic rings. The summed E-state index contributed by atoms with van der Waals surface area (Å²) < 4.78 is 28.2. The Morgan fingerprint density at radius 3 is 2.29 bits per heavy atom. The molecule has 0 heterocycles. The maximum atomic E-state index is 13.0. The van der Waals surface area contributed by atoms with Crippen LogP contribution in [0, 0.1) is 0 Å². The first-order valence-corrected chi connectivity index (χ1v) is 7.28. The number of hydrogen-bond acceptors (Lipinski definition) is 2. The Labute approximate surface area is 113 Å². The van der Waals surface area contributed by atoms with Crippen LogP contribution in [-0.4, -0.2) is 16.0 Å². The van der Waals surface area contributed by atoms with Gasteiger partial charge in [-0.1, -0.05) is 28.1 Å². The number of rotatable bonds is 4. The summed E-state index contributed by atoms with van der Waals surface area (Å²) in [6, 6.07) is 6.81. The zero-order chi connectivity index (χ0) is 13.1. The molecule has 5 heteroatoms. The zero-order valence-corrected chi connectivity index (χ0v) is 12.6. The van der Waals surface area contributed by atoms with Crippen LogP contribution in [0.25, 0.3) is 0 Å². The van der Waals surface area contributed by atoms with Gasteiger partial charge in [-0.25, -0.2) is 4.39 Å². The molecule has 0 fully saturated rings. The normalized spacial score (nSPS) is 15.6. The van der Waals surface area contributed by atoms with Gasteiger partial charge in [0.2, 0.25) is 0 Å². The average Bonchev–Trinajstić information content (AvgIpc) is 2.25. The van der Waals surface area contributed by atoms with Crippen molar-refractivity contribution < 1.29 is 8.94 Å². The van der Waals surface area contributed by atoms with E-state index in [1.807, 2.05) is 45.0 Å². The minimum Gasteiger partial charge on any atom is -0.598 e. The first kappa shape index (κ1) is 15.0. The molecule has 0 saturated heterocycles. The topological polar surface area (TPSA) is 35.1 Å². The van der Waals surface area contributed by atoms with Crippen LogP contribution in [0.2, 0.25) is 0 Å². The minimum absolute atomic E-state index is 0.400. The molecule has 0 aliphatic carbocycles. The highest BCUT2D eigenvalue weighted by molar-refractivity contribution is 9.10. The van der Waals surface area contributed by atoms with Gasteiger partial charge in [-0.15, -0.1) is 4.72 Å². The van der Waals surface area contributed by atoms with Gasteiger partial charge in [-0.2, -0.15) is 0 Å². The van der Waals surface area contributed by atoms with E-state index in [2.05, 4.69) is 20.7 Å². The second-order valence-corrected chi connectivity index (χ2v) is 7.67. The van der Waals surface area contributed by atoms with Crippen molar-refractivity contribution in [2.45, 2.75) is 31.6 Å². The Morgan fingerprint density at radius 1 is 1.35 bits per heavy atom. The van der Waals surface area contributed by atoms with E-state index in [-0.39, 0.29) is 0 Å². The molecule has 0 aliphatic heterocycles. The highest BCUT2D eigenvalue weighted by atomic mass is 79.9. The van der Waals surface area contributed by atoms with Gasteiger partial charge in [0.1, 0.15) is 17.5 Å². The van der Waals surface area contributed by atoms with Gasteiger partial charge in [0.25, 0.3) is 0 Å². The van der Waals surface area contributed by atoms with Crippen molar-refractivity contribution in [3.05, 3.63) is 34.3 Å². The third-order valence-corrected chi connectivity index (χ3v) is 4.37. The van der Waals surface area contributed by atoms with Crippen LogP contribution >= 0.6 is 15.9 Å². The Hall–Kier alpha value is -0.100. The van der Waals surface area contributed by atoms with Crippen LogP contribution in [0.15, 0.2) is 28.7 Å². The van der Waals surface area contributed by atoms with E-state index < -0.39 is 28.8 Å². The maximum absolute atomic E-state index is 13.0. The number of nitrogens with one attached hydrogen (secondary N) is 1. The van der Waals surface area contributed by atoms with E-state index in [0.717, 1.165) is 10.0 Å². The molecule has 17 heavy (non-hydrogen) atoms. The smallest absolute Gasteiger partial charge is 0.136 e. The molecule has 2 nitrogen and oxygen atoms in total. The van der Waals surface area contributed by atoms with Gasteiger partial charge in [-0.3, -0.25) is 0 Å².